The molecular formula is C33H41F3N6O9. The van der Waals surface area contributed by atoms with Crippen molar-refractivity contribution in [1.82, 2.24) is 26.2 Å². The molecule has 0 aromatic heterocycles. The van der Waals surface area contributed by atoms with Crippen molar-refractivity contribution >= 4 is 35.5 Å². The summed E-state index contributed by atoms with van der Waals surface area (Å²) in [5.74, 6) is -5.25. The molecule has 6 atom stereocenters. The van der Waals surface area contributed by atoms with E-state index in [1.165, 1.54) is 18.7 Å². The van der Waals surface area contributed by atoms with Gasteiger partial charge in [-0.25, -0.2) is 4.79 Å². The number of ether oxygens (including phenoxy) is 1. The van der Waals surface area contributed by atoms with Crippen LogP contribution in [-0.2, 0) is 41.6 Å². The number of carboxylic acid groups (broad SMARTS) is 1. The summed E-state index contributed by atoms with van der Waals surface area (Å²) in [4.78, 5) is 76.3. The molecule has 2 aromatic rings. The first-order valence-electron chi connectivity index (χ1n) is 15.9. The van der Waals surface area contributed by atoms with Crippen molar-refractivity contribution in [3.8, 4) is 5.75 Å². The summed E-state index contributed by atoms with van der Waals surface area (Å²) in [7, 11) is 0. The summed E-state index contributed by atoms with van der Waals surface area (Å²) in [5.41, 5.74) is 7.88. The highest BCUT2D eigenvalue weighted by Crippen LogP contribution is 2.20. The first-order valence-corrected chi connectivity index (χ1v) is 15.9. The minimum atomic E-state index is -5.08. The molecule has 15 nitrogen and oxygen atoms in total. The maximum atomic E-state index is 13.9. The Bertz CT molecular complexity index is 1540. The van der Waals surface area contributed by atoms with Crippen LogP contribution in [-0.4, -0.2) is 113 Å². The number of fused-ring (bicyclic) bond motifs is 16. The van der Waals surface area contributed by atoms with Crippen molar-refractivity contribution in [3.05, 3.63) is 65.7 Å². The van der Waals surface area contributed by atoms with E-state index in [9.17, 15) is 42.3 Å². The number of rotatable bonds is 3. The van der Waals surface area contributed by atoms with E-state index in [2.05, 4.69) is 21.3 Å². The molecule has 0 unspecified atom stereocenters. The Hall–Kier alpha value is -5.23. The quantitative estimate of drug-likeness (QED) is 0.199. The standard InChI is InChI=1S/C31H40N6O7.C2HF3O2/c1-18-28(40)33-13-12-20-8-10-23(11-9-20)44-17-26(39)35-24(14-21-6-4-3-5-7-21)31(43)37-16-22(32)15-25(37)29(41)36-27(19(2)38)30(42)34-18;3-2(4,5)1(6)7/h3-11,18-19,22,24-25,27,38H,12-17,32H2,1-2H3,(H,33,40)(H,34,42)(H,35,39)(H,36,41);(H,6,7)/t18-,19+,22-,24-,25-,27-;/m0./s1. The van der Waals surface area contributed by atoms with Crippen LogP contribution >= 0.6 is 0 Å². The molecule has 3 heterocycles. The average molecular weight is 723 g/mol. The zero-order valence-electron chi connectivity index (χ0n) is 27.8. The fourth-order valence-corrected chi connectivity index (χ4v) is 5.25. The van der Waals surface area contributed by atoms with Gasteiger partial charge in [-0.2, -0.15) is 13.2 Å². The lowest BCUT2D eigenvalue weighted by Crippen LogP contribution is -2.60. The maximum Gasteiger partial charge on any atom is 0.490 e. The van der Waals surface area contributed by atoms with E-state index in [1.807, 2.05) is 42.5 Å². The van der Waals surface area contributed by atoms with Gasteiger partial charge in [0.15, 0.2) is 6.61 Å². The summed E-state index contributed by atoms with van der Waals surface area (Å²) in [6.07, 6.45) is -5.64. The van der Waals surface area contributed by atoms with E-state index < -0.39 is 78.0 Å². The Balaban J connectivity index is 0.000000908. The van der Waals surface area contributed by atoms with E-state index in [1.54, 1.807) is 12.1 Å². The zero-order valence-corrected chi connectivity index (χ0v) is 27.8. The second-order valence-corrected chi connectivity index (χ2v) is 12.0. The third kappa shape index (κ3) is 12.2. The van der Waals surface area contributed by atoms with Gasteiger partial charge in [-0.1, -0.05) is 42.5 Å². The number of alkyl halides is 3. The monoisotopic (exact) mass is 722 g/mol. The molecule has 5 rings (SSSR count). The van der Waals surface area contributed by atoms with Crippen molar-refractivity contribution in [2.75, 3.05) is 19.7 Å². The Labute approximate surface area is 291 Å². The van der Waals surface area contributed by atoms with Gasteiger partial charge in [-0.05, 0) is 49.9 Å². The largest absolute Gasteiger partial charge is 0.490 e. The SMILES string of the molecule is C[C@@H]1NC(=O)[C@H]([C@@H](C)O)NC(=O)[C@@H]2C[C@H](N)CN2C(=O)[C@H](Cc2ccccc2)NC(=O)COc2ccc(cc2)CCNC1=O.O=C(O)C(F)(F)F. The number of aliphatic hydroxyl groups excluding tert-OH is 1. The fraction of sp³-hybridized carbons (Fsp3) is 0.455. The molecule has 1 fully saturated rings. The van der Waals surface area contributed by atoms with Crippen LogP contribution in [0.4, 0.5) is 13.2 Å². The van der Waals surface area contributed by atoms with E-state index in [-0.39, 0.29) is 26.0 Å². The van der Waals surface area contributed by atoms with Gasteiger partial charge in [-0.3, -0.25) is 24.0 Å². The van der Waals surface area contributed by atoms with Crippen LogP contribution in [0.25, 0.3) is 0 Å². The third-order valence-electron chi connectivity index (χ3n) is 7.90. The molecule has 3 aliphatic heterocycles. The zero-order chi connectivity index (χ0) is 37.9. The lowest BCUT2D eigenvalue weighted by molar-refractivity contribution is -0.192. The fourth-order valence-electron chi connectivity index (χ4n) is 5.25. The molecule has 278 valence electrons. The van der Waals surface area contributed by atoms with Crippen molar-refractivity contribution in [2.24, 2.45) is 5.73 Å². The number of aliphatic carboxylic acids is 1. The molecule has 1 saturated heterocycles. The average Bonchev–Trinajstić information content (AvgIpc) is 3.47. The van der Waals surface area contributed by atoms with Crippen LogP contribution < -0.4 is 31.7 Å². The minimum absolute atomic E-state index is 0.0453. The number of carbonyl (C=O) groups is 6. The topological polar surface area (TPSA) is 229 Å². The highest BCUT2D eigenvalue weighted by molar-refractivity contribution is 5.96. The number of nitrogens with one attached hydrogen (secondary N) is 4. The molecule has 5 amide bonds. The second-order valence-electron chi connectivity index (χ2n) is 12.0. The van der Waals surface area contributed by atoms with Gasteiger partial charge in [0.1, 0.15) is 29.9 Å². The summed E-state index contributed by atoms with van der Waals surface area (Å²) in [6.45, 7) is 2.83. The number of nitrogens with two attached hydrogens (primary N) is 1. The van der Waals surface area contributed by atoms with Crippen LogP contribution in [0.1, 0.15) is 31.4 Å². The van der Waals surface area contributed by atoms with Crippen LogP contribution in [0.5, 0.6) is 5.75 Å². The molecule has 2 bridgehead atoms. The van der Waals surface area contributed by atoms with E-state index in [0.29, 0.717) is 18.7 Å². The van der Waals surface area contributed by atoms with Crippen LogP contribution in [0, 0.1) is 0 Å². The number of carbonyl (C=O) groups excluding carboxylic acids is 5. The van der Waals surface area contributed by atoms with Crippen LogP contribution in [0.15, 0.2) is 54.6 Å². The number of hydrogen-bond donors (Lipinski definition) is 7. The Morgan fingerprint density at radius 3 is 2.20 bits per heavy atom. The van der Waals surface area contributed by atoms with E-state index in [0.717, 1.165) is 11.1 Å². The van der Waals surface area contributed by atoms with Crippen LogP contribution in [0.3, 0.4) is 0 Å². The Morgan fingerprint density at radius 1 is 0.980 bits per heavy atom. The molecule has 18 heteroatoms. The van der Waals surface area contributed by atoms with Crippen molar-refractivity contribution in [2.45, 2.75) is 75.6 Å². The third-order valence-corrected chi connectivity index (χ3v) is 7.90. The summed E-state index contributed by atoms with van der Waals surface area (Å²) >= 11 is 0. The predicted octanol–water partition coefficient (Wildman–Crippen LogP) is -0.603. The van der Waals surface area contributed by atoms with Gasteiger partial charge in [0, 0.05) is 25.6 Å². The molecule has 0 spiro atoms. The Kier molecular flexibility index (Phi) is 14.3. The summed E-state index contributed by atoms with van der Waals surface area (Å²) < 4.78 is 37.4. The van der Waals surface area contributed by atoms with Gasteiger partial charge in [0.05, 0.1) is 6.10 Å². The normalized spacial score (nSPS) is 24.5. The molecule has 3 aliphatic rings. The smallest absolute Gasteiger partial charge is 0.484 e. The number of halogens is 3. The number of nitrogens with zero attached hydrogens (tertiary/aromatic N) is 1. The molecule has 2 aromatic carbocycles. The van der Waals surface area contributed by atoms with Crippen molar-refractivity contribution < 1.29 is 56.9 Å². The first kappa shape index (κ1) is 40.2. The second kappa shape index (κ2) is 18.1. The maximum absolute atomic E-state index is 13.9. The number of amides is 5. The number of hydrogen-bond acceptors (Lipinski definition) is 9. The molecule has 0 radical (unpaired) electrons. The van der Waals surface area contributed by atoms with Crippen molar-refractivity contribution in [1.29, 1.82) is 0 Å². The number of aliphatic hydroxyl groups is 1. The number of benzene rings is 2. The van der Waals surface area contributed by atoms with E-state index >= 15 is 0 Å². The van der Waals surface area contributed by atoms with Gasteiger partial charge < -0.3 is 46.9 Å². The lowest BCUT2D eigenvalue weighted by Gasteiger charge is -2.30. The summed E-state index contributed by atoms with van der Waals surface area (Å²) in [6, 6.07) is 11.2. The summed E-state index contributed by atoms with van der Waals surface area (Å²) in [5, 5.41) is 28.1. The highest BCUT2D eigenvalue weighted by atomic mass is 19.4. The van der Waals surface area contributed by atoms with Gasteiger partial charge in [-0.15, -0.1) is 0 Å². The predicted molar refractivity (Wildman–Crippen MR) is 174 cm³/mol. The van der Waals surface area contributed by atoms with Gasteiger partial charge in [0.25, 0.3) is 5.91 Å². The highest BCUT2D eigenvalue weighted by Gasteiger charge is 2.42. The lowest BCUT2D eigenvalue weighted by atomic mass is 10.0. The van der Waals surface area contributed by atoms with Crippen molar-refractivity contribution in [3.63, 3.8) is 0 Å². The molecular weight excluding hydrogens is 681 g/mol. The first-order chi connectivity index (χ1) is 24.0. The minimum Gasteiger partial charge on any atom is -0.484 e. The van der Waals surface area contributed by atoms with Crippen LogP contribution in [0.2, 0.25) is 0 Å². The molecule has 0 saturated carbocycles. The molecule has 8 N–H and O–H groups in total. The molecule has 51 heavy (non-hydrogen) atoms. The van der Waals surface area contributed by atoms with Gasteiger partial charge >= 0.3 is 12.1 Å². The number of carboxylic acids is 1. The Morgan fingerprint density at radius 2 is 1.61 bits per heavy atom. The van der Waals surface area contributed by atoms with E-state index in [4.69, 9.17) is 20.4 Å². The van der Waals surface area contributed by atoms with Gasteiger partial charge in [0.2, 0.25) is 23.6 Å². The molecule has 0 aliphatic carbocycles.